The Hall–Kier alpha value is -1.28. The van der Waals surface area contributed by atoms with Crippen molar-refractivity contribution in [2.24, 2.45) is 5.11 Å². The molecule has 0 amide bonds. The molecule has 0 radical (unpaired) electrons. The van der Waals surface area contributed by atoms with Gasteiger partial charge in [-0.15, -0.1) is 0 Å². The van der Waals surface area contributed by atoms with E-state index in [2.05, 4.69) is 16.9 Å². The van der Waals surface area contributed by atoms with Crippen molar-refractivity contribution in [2.75, 3.05) is 6.54 Å². The third kappa shape index (κ3) is 3.76. The first-order valence-corrected chi connectivity index (χ1v) is 5.48. The molecule has 0 heterocycles. The second-order valence-electron chi connectivity index (χ2n) is 3.95. The third-order valence-corrected chi connectivity index (χ3v) is 2.81. The molecule has 0 saturated carbocycles. The predicted molar refractivity (Wildman–Crippen MR) is 59.4 cm³/mol. The molecule has 0 unspecified atom stereocenters. The molecule has 0 spiro atoms. The van der Waals surface area contributed by atoms with Crippen molar-refractivity contribution in [1.82, 2.24) is 0 Å². The van der Waals surface area contributed by atoms with Gasteiger partial charge in [-0.05, 0) is 50.1 Å². The summed E-state index contributed by atoms with van der Waals surface area (Å²) in [6, 6.07) is 0. The van der Waals surface area contributed by atoms with Gasteiger partial charge in [0.05, 0.1) is 0 Å². The summed E-state index contributed by atoms with van der Waals surface area (Å²) in [5.74, 6) is 0.322. The summed E-state index contributed by atoms with van der Waals surface area (Å²) in [4.78, 5) is 14.3. The second kappa shape index (κ2) is 6.25. The van der Waals surface area contributed by atoms with Gasteiger partial charge in [0.15, 0.2) is 5.78 Å². The average Bonchev–Trinajstić information content (AvgIpc) is 2.21. The minimum absolute atomic E-state index is 0.322. The largest absolute Gasteiger partial charge is 0.295 e. The van der Waals surface area contributed by atoms with Crippen molar-refractivity contribution >= 4 is 5.78 Å². The van der Waals surface area contributed by atoms with Gasteiger partial charge in [-0.1, -0.05) is 10.7 Å². The van der Waals surface area contributed by atoms with Crippen LogP contribution in [0.2, 0.25) is 0 Å². The van der Waals surface area contributed by atoms with Crippen molar-refractivity contribution in [3.63, 3.8) is 0 Å². The van der Waals surface area contributed by atoms with Crippen LogP contribution >= 0.6 is 0 Å². The van der Waals surface area contributed by atoms with Gasteiger partial charge in [0.1, 0.15) is 0 Å². The molecule has 4 heteroatoms. The molecule has 1 rings (SSSR count). The lowest BCUT2D eigenvalue weighted by molar-refractivity contribution is -0.116. The van der Waals surface area contributed by atoms with Gasteiger partial charge in [0.25, 0.3) is 0 Å². The molecule has 82 valence electrons. The van der Waals surface area contributed by atoms with Crippen LogP contribution in [0, 0.1) is 0 Å². The molecule has 0 aromatic rings. The van der Waals surface area contributed by atoms with Gasteiger partial charge in [-0.25, -0.2) is 0 Å². The van der Waals surface area contributed by atoms with Crippen LogP contribution in [-0.4, -0.2) is 12.3 Å². The van der Waals surface area contributed by atoms with Gasteiger partial charge >= 0.3 is 0 Å². The lowest BCUT2D eigenvalue weighted by atomic mass is 9.88. The van der Waals surface area contributed by atoms with Gasteiger partial charge in [0, 0.05) is 17.9 Å². The molecule has 0 fully saturated rings. The first-order chi connectivity index (χ1) is 7.25. The number of ketones is 1. The van der Waals surface area contributed by atoms with Crippen LogP contribution in [0.3, 0.4) is 0 Å². The highest BCUT2D eigenvalue weighted by molar-refractivity contribution is 5.96. The van der Waals surface area contributed by atoms with Crippen LogP contribution in [0.1, 0.15) is 45.4 Å². The molecule has 0 atom stereocenters. The Morgan fingerprint density at radius 1 is 1.40 bits per heavy atom. The number of nitrogens with zero attached hydrogens (tertiary/aromatic N) is 3. The van der Waals surface area contributed by atoms with Crippen LogP contribution in [0.5, 0.6) is 0 Å². The maximum Gasteiger partial charge on any atom is 0.158 e. The van der Waals surface area contributed by atoms with E-state index in [0.717, 1.165) is 37.7 Å². The summed E-state index contributed by atoms with van der Waals surface area (Å²) in [6.45, 7) is 2.59. The quantitative estimate of drug-likeness (QED) is 0.294. The normalized spacial score (nSPS) is 16.5. The molecule has 15 heavy (non-hydrogen) atoms. The van der Waals surface area contributed by atoms with E-state index in [0.29, 0.717) is 18.7 Å². The number of carbonyl (C=O) groups excluding carboxylic acids is 1. The van der Waals surface area contributed by atoms with Crippen molar-refractivity contribution < 1.29 is 4.79 Å². The Kier molecular flexibility index (Phi) is 4.91. The Bertz CT molecular complexity index is 314. The van der Waals surface area contributed by atoms with Crippen molar-refractivity contribution in [3.05, 3.63) is 21.6 Å². The molecule has 1 aliphatic rings. The van der Waals surface area contributed by atoms with Crippen molar-refractivity contribution in [3.8, 4) is 0 Å². The summed E-state index contributed by atoms with van der Waals surface area (Å²) in [7, 11) is 0. The summed E-state index contributed by atoms with van der Waals surface area (Å²) < 4.78 is 0. The smallest absolute Gasteiger partial charge is 0.158 e. The number of allylic oxidation sites excluding steroid dienone is 2. The number of hydrogen-bond donors (Lipinski definition) is 0. The third-order valence-electron chi connectivity index (χ3n) is 2.81. The molecule has 0 aliphatic heterocycles. The molecule has 0 aromatic heterocycles. The van der Waals surface area contributed by atoms with Crippen molar-refractivity contribution in [1.29, 1.82) is 0 Å². The molecular formula is C11H17N3O. The van der Waals surface area contributed by atoms with Crippen LogP contribution in [0.15, 0.2) is 16.3 Å². The number of unbranched alkanes of at least 4 members (excludes halogenated alkanes) is 1. The zero-order chi connectivity index (χ0) is 11.1. The lowest BCUT2D eigenvalue weighted by Gasteiger charge is -2.16. The fourth-order valence-corrected chi connectivity index (χ4v) is 1.94. The van der Waals surface area contributed by atoms with E-state index in [1.807, 2.05) is 0 Å². The SMILES string of the molecule is CC1=C(CCCCN=[N+]=[N-])C(=O)CCC1. The highest BCUT2D eigenvalue weighted by atomic mass is 16.1. The molecule has 1 aliphatic carbocycles. The van der Waals surface area contributed by atoms with E-state index >= 15 is 0 Å². The minimum atomic E-state index is 0.322. The standard InChI is InChI=1S/C11H17N3O/c1-9-5-4-7-11(15)10(9)6-2-3-8-13-14-12/h2-8H2,1H3. The Morgan fingerprint density at radius 3 is 2.87 bits per heavy atom. The zero-order valence-corrected chi connectivity index (χ0v) is 9.20. The molecule has 4 nitrogen and oxygen atoms in total. The monoisotopic (exact) mass is 207 g/mol. The fraction of sp³-hybridized carbons (Fsp3) is 0.727. The highest BCUT2D eigenvalue weighted by Crippen LogP contribution is 2.25. The van der Waals surface area contributed by atoms with E-state index in [-0.39, 0.29) is 0 Å². The van der Waals surface area contributed by atoms with E-state index < -0.39 is 0 Å². The van der Waals surface area contributed by atoms with Gasteiger partial charge in [-0.3, -0.25) is 4.79 Å². The summed E-state index contributed by atoms with van der Waals surface area (Å²) >= 11 is 0. The molecule has 0 aromatic carbocycles. The molecular weight excluding hydrogens is 190 g/mol. The van der Waals surface area contributed by atoms with E-state index in [1.165, 1.54) is 5.57 Å². The van der Waals surface area contributed by atoms with Crippen LogP contribution < -0.4 is 0 Å². The molecule has 0 bridgehead atoms. The summed E-state index contributed by atoms with van der Waals surface area (Å²) in [6.07, 6.45) is 5.45. The van der Waals surface area contributed by atoms with Gasteiger partial charge in [-0.2, -0.15) is 0 Å². The van der Waals surface area contributed by atoms with Crippen molar-refractivity contribution in [2.45, 2.75) is 45.4 Å². The number of azide groups is 1. The summed E-state index contributed by atoms with van der Waals surface area (Å²) in [5, 5.41) is 3.47. The molecule has 0 saturated heterocycles. The average molecular weight is 207 g/mol. The summed E-state index contributed by atoms with van der Waals surface area (Å²) in [5.41, 5.74) is 10.4. The maximum atomic E-state index is 11.6. The predicted octanol–water partition coefficient (Wildman–Crippen LogP) is 3.54. The van der Waals surface area contributed by atoms with E-state index in [1.54, 1.807) is 0 Å². The van der Waals surface area contributed by atoms with Crippen LogP contribution in [-0.2, 0) is 4.79 Å². The first kappa shape index (κ1) is 11.8. The molecule has 0 N–H and O–H groups in total. The van der Waals surface area contributed by atoms with E-state index in [4.69, 9.17) is 5.53 Å². The Balaban J connectivity index is 2.36. The Labute approximate surface area is 90.0 Å². The Morgan fingerprint density at radius 2 is 2.20 bits per heavy atom. The fourth-order valence-electron chi connectivity index (χ4n) is 1.94. The first-order valence-electron chi connectivity index (χ1n) is 5.48. The van der Waals surface area contributed by atoms with Crippen LogP contribution in [0.25, 0.3) is 10.4 Å². The number of carbonyl (C=O) groups is 1. The lowest BCUT2D eigenvalue weighted by Crippen LogP contribution is -2.10. The van der Waals surface area contributed by atoms with E-state index in [9.17, 15) is 4.79 Å². The zero-order valence-electron chi connectivity index (χ0n) is 9.20. The topological polar surface area (TPSA) is 65.8 Å². The second-order valence-corrected chi connectivity index (χ2v) is 3.95. The minimum Gasteiger partial charge on any atom is -0.295 e. The van der Waals surface area contributed by atoms with Crippen LogP contribution in [0.4, 0.5) is 0 Å². The maximum absolute atomic E-state index is 11.6. The highest BCUT2D eigenvalue weighted by Gasteiger charge is 2.16. The number of rotatable bonds is 5. The number of hydrogen-bond acceptors (Lipinski definition) is 2. The number of Topliss-reactive ketones (excluding diaryl/α,β-unsaturated/α-hetero) is 1. The van der Waals surface area contributed by atoms with Gasteiger partial charge in [0.2, 0.25) is 0 Å². The van der Waals surface area contributed by atoms with Gasteiger partial charge < -0.3 is 0 Å².